The Morgan fingerprint density at radius 1 is 0.559 bits per heavy atom. The SMILES string of the molecule is N#CCc1cccc(-c2cc(-c3cccc(-c4cc(-c5cccc(CC#N)c5)on4)c3)no2)c1. The molecule has 0 saturated heterocycles. The van der Waals surface area contributed by atoms with Crippen molar-refractivity contribution in [2.75, 3.05) is 0 Å². The molecule has 0 saturated carbocycles. The van der Waals surface area contributed by atoms with Crippen LogP contribution < -0.4 is 0 Å². The molecule has 2 heterocycles. The molecule has 0 aliphatic carbocycles. The molecule has 162 valence electrons. The average molecular weight is 442 g/mol. The molecule has 6 nitrogen and oxygen atoms in total. The Kier molecular flexibility index (Phi) is 5.71. The van der Waals surface area contributed by atoms with Crippen molar-refractivity contribution in [2.24, 2.45) is 0 Å². The Labute approximate surface area is 196 Å². The van der Waals surface area contributed by atoms with Crippen molar-refractivity contribution in [3.8, 4) is 57.3 Å². The van der Waals surface area contributed by atoms with Crippen molar-refractivity contribution >= 4 is 0 Å². The van der Waals surface area contributed by atoms with E-state index in [2.05, 4.69) is 22.5 Å². The highest BCUT2D eigenvalue weighted by molar-refractivity contribution is 5.74. The number of hydrogen-bond donors (Lipinski definition) is 0. The molecular weight excluding hydrogens is 424 g/mol. The Hall–Kier alpha value is -4.94. The third-order valence-corrected chi connectivity index (χ3v) is 5.46. The zero-order valence-electron chi connectivity index (χ0n) is 18.1. The zero-order chi connectivity index (χ0) is 23.3. The van der Waals surface area contributed by atoms with E-state index >= 15 is 0 Å². The summed E-state index contributed by atoms with van der Waals surface area (Å²) >= 11 is 0. The summed E-state index contributed by atoms with van der Waals surface area (Å²) in [5, 5.41) is 26.4. The Morgan fingerprint density at radius 3 is 1.47 bits per heavy atom. The number of nitriles is 2. The summed E-state index contributed by atoms with van der Waals surface area (Å²) in [5.74, 6) is 1.28. The van der Waals surface area contributed by atoms with Gasteiger partial charge in [-0.25, -0.2) is 0 Å². The van der Waals surface area contributed by atoms with Crippen LogP contribution in [-0.2, 0) is 12.8 Å². The van der Waals surface area contributed by atoms with Crippen LogP contribution in [0.1, 0.15) is 11.1 Å². The van der Waals surface area contributed by atoms with Gasteiger partial charge >= 0.3 is 0 Å². The van der Waals surface area contributed by atoms with Crippen LogP contribution in [0.2, 0.25) is 0 Å². The topological polar surface area (TPSA) is 99.6 Å². The fourth-order valence-electron chi connectivity index (χ4n) is 3.78. The molecule has 0 spiro atoms. The minimum absolute atomic E-state index is 0.346. The minimum atomic E-state index is 0.346. The van der Waals surface area contributed by atoms with Crippen molar-refractivity contribution in [1.82, 2.24) is 10.3 Å². The lowest BCUT2D eigenvalue weighted by Gasteiger charge is -2.00. The highest BCUT2D eigenvalue weighted by Crippen LogP contribution is 2.31. The van der Waals surface area contributed by atoms with Gasteiger partial charge in [0.1, 0.15) is 11.4 Å². The fraction of sp³-hybridized carbons (Fsp3) is 0.0714. The normalized spacial score (nSPS) is 10.5. The van der Waals surface area contributed by atoms with Crippen molar-refractivity contribution in [3.05, 3.63) is 96.1 Å². The van der Waals surface area contributed by atoms with Crippen molar-refractivity contribution in [1.29, 1.82) is 10.5 Å². The number of nitrogens with zero attached hydrogens (tertiary/aromatic N) is 4. The Balaban J connectivity index is 1.41. The molecular formula is C28H18N4O2. The smallest absolute Gasteiger partial charge is 0.167 e. The van der Waals surface area contributed by atoms with Gasteiger partial charge in [0.25, 0.3) is 0 Å². The summed E-state index contributed by atoms with van der Waals surface area (Å²) in [6.07, 6.45) is 0.693. The molecule has 3 aromatic carbocycles. The number of hydrogen-bond acceptors (Lipinski definition) is 6. The van der Waals surface area contributed by atoms with Crippen LogP contribution >= 0.6 is 0 Å². The first kappa shape index (κ1) is 20.9. The molecule has 2 aromatic heterocycles. The van der Waals surface area contributed by atoms with Gasteiger partial charge in [0.05, 0.1) is 25.0 Å². The highest BCUT2D eigenvalue weighted by Gasteiger charge is 2.13. The van der Waals surface area contributed by atoms with E-state index in [0.29, 0.717) is 35.7 Å². The summed E-state index contributed by atoms with van der Waals surface area (Å²) in [6, 6.07) is 31.3. The number of benzene rings is 3. The third kappa shape index (κ3) is 4.34. The standard InChI is InChI=1S/C28H18N4O2/c29-12-10-19-4-1-8-23(14-19)27-17-25(31-33-27)21-6-3-7-22(16-21)26-18-28(34-32-26)24-9-2-5-20(15-24)11-13-30/h1-9,14-18H,10-11H2. The predicted molar refractivity (Wildman–Crippen MR) is 127 cm³/mol. The Morgan fingerprint density at radius 2 is 1.00 bits per heavy atom. The molecule has 34 heavy (non-hydrogen) atoms. The second-order valence-electron chi connectivity index (χ2n) is 7.80. The maximum atomic E-state index is 8.94. The molecule has 0 atom stereocenters. The van der Waals surface area contributed by atoms with E-state index in [0.717, 1.165) is 33.4 Å². The molecule has 0 unspecified atom stereocenters. The van der Waals surface area contributed by atoms with Gasteiger partial charge in [0, 0.05) is 34.4 Å². The number of aromatic nitrogens is 2. The lowest BCUT2D eigenvalue weighted by molar-refractivity contribution is 0.434. The monoisotopic (exact) mass is 442 g/mol. The van der Waals surface area contributed by atoms with Gasteiger partial charge in [-0.3, -0.25) is 0 Å². The molecule has 0 bridgehead atoms. The summed E-state index contributed by atoms with van der Waals surface area (Å²) in [6.45, 7) is 0. The molecule has 5 aromatic rings. The molecule has 0 aliphatic rings. The largest absolute Gasteiger partial charge is 0.356 e. The van der Waals surface area contributed by atoms with Crippen LogP contribution in [0.25, 0.3) is 45.2 Å². The molecule has 6 heteroatoms. The van der Waals surface area contributed by atoms with Gasteiger partial charge in [-0.05, 0) is 29.3 Å². The van der Waals surface area contributed by atoms with E-state index in [1.807, 2.05) is 84.9 Å². The van der Waals surface area contributed by atoms with E-state index in [1.165, 1.54) is 0 Å². The van der Waals surface area contributed by atoms with Gasteiger partial charge < -0.3 is 9.05 Å². The predicted octanol–water partition coefficient (Wildman–Crippen LogP) is 6.46. The third-order valence-electron chi connectivity index (χ3n) is 5.46. The maximum Gasteiger partial charge on any atom is 0.167 e. The van der Waals surface area contributed by atoms with Crippen LogP contribution in [0.15, 0.2) is 94.0 Å². The molecule has 0 radical (unpaired) electrons. The van der Waals surface area contributed by atoms with E-state index in [1.54, 1.807) is 0 Å². The van der Waals surface area contributed by atoms with Crippen molar-refractivity contribution in [3.63, 3.8) is 0 Å². The van der Waals surface area contributed by atoms with Crippen molar-refractivity contribution in [2.45, 2.75) is 12.8 Å². The molecule has 5 rings (SSSR count). The lowest BCUT2D eigenvalue weighted by Crippen LogP contribution is -1.82. The first-order valence-electron chi connectivity index (χ1n) is 10.7. The fourth-order valence-corrected chi connectivity index (χ4v) is 3.78. The van der Waals surface area contributed by atoms with Crippen LogP contribution in [0, 0.1) is 22.7 Å². The van der Waals surface area contributed by atoms with Gasteiger partial charge in [-0.15, -0.1) is 0 Å². The van der Waals surface area contributed by atoms with E-state index in [-0.39, 0.29) is 0 Å². The highest BCUT2D eigenvalue weighted by atomic mass is 16.5. The van der Waals surface area contributed by atoms with Gasteiger partial charge in [-0.1, -0.05) is 64.9 Å². The van der Waals surface area contributed by atoms with Gasteiger partial charge in [0.15, 0.2) is 11.5 Å². The molecule has 0 N–H and O–H groups in total. The summed E-state index contributed by atoms with van der Waals surface area (Å²) < 4.78 is 11.2. The quantitative estimate of drug-likeness (QED) is 0.299. The first-order valence-corrected chi connectivity index (χ1v) is 10.7. The summed E-state index contributed by atoms with van der Waals surface area (Å²) in [5.41, 5.74) is 6.80. The van der Waals surface area contributed by atoms with E-state index in [9.17, 15) is 0 Å². The van der Waals surface area contributed by atoms with E-state index in [4.69, 9.17) is 19.6 Å². The summed E-state index contributed by atoms with van der Waals surface area (Å²) in [4.78, 5) is 0. The molecule has 0 aliphatic heterocycles. The Bertz CT molecular complexity index is 1440. The lowest BCUT2D eigenvalue weighted by atomic mass is 10.0. The second kappa shape index (κ2) is 9.28. The average Bonchev–Trinajstić information content (AvgIpc) is 3.56. The van der Waals surface area contributed by atoms with Crippen LogP contribution in [0.5, 0.6) is 0 Å². The van der Waals surface area contributed by atoms with Crippen LogP contribution in [0.4, 0.5) is 0 Å². The number of rotatable bonds is 6. The van der Waals surface area contributed by atoms with E-state index < -0.39 is 0 Å². The van der Waals surface area contributed by atoms with Crippen molar-refractivity contribution < 1.29 is 9.05 Å². The van der Waals surface area contributed by atoms with Crippen LogP contribution in [0.3, 0.4) is 0 Å². The first-order chi connectivity index (χ1) is 16.7. The van der Waals surface area contributed by atoms with Crippen LogP contribution in [-0.4, -0.2) is 10.3 Å². The minimum Gasteiger partial charge on any atom is -0.356 e. The van der Waals surface area contributed by atoms with Gasteiger partial charge in [0.2, 0.25) is 0 Å². The zero-order valence-corrected chi connectivity index (χ0v) is 18.1. The maximum absolute atomic E-state index is 8.94. The van der Waals surface area contributed by atoms with Gasteiger partial charge in [-0.2, -0.15) is 10.5 Å². The molecule has 0 fully saturated rings. The molecule has 0 amide bonds. The second-order valence-corrected chi connectivity index (χ2v) is 7.80. The summed E-state index contributed by atoms with van der Waals surface area (Å²) in [7, 11) is 0.